The minimum atomic E-state index is -3.60. The molecule has 1 atom stereocenters. The van der Waals surface area contributed by atoms with Crippen LogP contribution in [0.4, 0.5) is 0 Å². The van der Waals surface area contributed by atoms with Gasteiger partial charge >= 0.3 is 5.97 Å². The third-order valence-electron chi connectivity index (χ3n) is 2.71. The zero-order valence-corrected chi connectivity index (χ0v) is 12.4. The fraction of sp³-hybridized carbons (Fsp3) is 0.909. The van der Waals surface area contributed by atoms with E-state index >= 15 is 0 Å². The minimum Gasteiger partial charge on any atom is -0.465 e. The topological polar surface area (TPSA) is 89.7 Å². The summed E-state index contributed by atoms with van der Waals surface area (Å²) in [5.41, 5.74) is 5.84. The number of hydrogen-bond donors (Lipinski definition) is 1. The van der Waals surface area contributed by atoms with E-state index in [1.54, 1.807) is 6.92 Å². The summed E-state index contributed by atoms with van der Waals surface area (Å²) >= 11 is 0. The molecule has 0 amide bonds. The van der Waals surface area contributed by atoms with Crippen molar-refractivity contribution in [1.82, 2.24) is 4.31 Å². The normalized spacial score (nSPS) is 13.9. The first-order valence-corrected chi connectivity index (χ1v) is 7.66. The number of nitrogens with zero attached hydrogens (tertiary/aromatic N) is 1. The summed E-state index contributed by atoms with van der Waals surface area (Å²) in [6.45, 7) is 6.09. The van der Waals surface area contributed by atoms with E-state index in [9.17, 15) is 13.2 Å². The first kappa shape index (κ1) is 17.3. The number of hydrogen-bond acceptors (Lipinski definition) is 5. The Hall–Kier alpha value is -0.660. The highest BCUT2D eigenvalue weighted by Crippen LogP contribution is 2.06. The molecule has 0 aliphatic heterocycles. The molecule has 2 N–H and O–H groups in total. The molecule has 0 bridgehead atoms. The second-order valence-electron chi connectivity index (χ2n) is 4.58. The molecule has 0 aromatic heterocycles. The summed E-state index contributed by atoms with van der Waals surface area (Å²) in [5, 5.41) is 0. The highest BCUT2D eigenvalue weighted by molar-refractivity contribution is 7.89. The van der Waals surface area contributed by atoms with Crippen molar-refractivity contribution >= 4 is 16.0 Å². The van der Waals surface area contributed by atoms with Gasteiger partial charge in [0.1, 0.15) is 0 Å². The van der Waals surface area contributed by atoms with Gasteiger partial charge in [-0.25, -0.2) is 12.7 Å². The number of esters is 1. The molecule has 18 heavy (non-hydrogen) atoms. The maximum atomic E-state index is 11.8. The third kappa shape index (κ3) is 6.32. The molecule has 0 heterocycles. The molecule has 0 radical (unpaired) electrons. The molecule has 0 fully saturated rings. The van der Waals surface area contributed by atoms with E-state index in [4.69, 9.17) is 5.73 Å². The molecule has 0 saturated carbocycles. The SMILES string of the molecule is CCOC(=O)CS(=O)(=O)N(C)CCC(N)C(C)C. The number of sulfonamides is 1. The quantitative estimate of drug-likeness (QED) is 0.641. The van der Waals surface area contributed by atoms with Crippen LogP contribution in [0.25, 0.3) is 0 Å². The highest BCUT2D eigenvalue weighted by Gasteiger charge is 2.23. The van der Waals surface area contributed by atoms with Crippen LogP contribution < -0.4 is 5.73 Å². The van der Waals surface area contributed by atoms with Gasteiger partial charge in [0.15, 0.2) is 5.75 Å². The van der Waals surface area contributed by atoms with E-state index in [1.807, 2.05) is 13.8 Å². The summed E-state index contributed by atoms with van der Waals surface area (Å²) in [6.07, 6.45) is 0.566. The van der Waals surface area contributed by atoms with Crippen molar-refractivity contribution in [3.8, 4) is 0 Å². The van der Waals surface area contributed by atoms with Gasteiger partial charge in [-0.2, -0.15) is 0 Å². The van der Waals surface area contributed by atoms with Crippen molar-refractivity contribution in [2.45, 2.75) is 33.2 Å². The van der Waals surface area contributed by atoms with E-state index in [1.165, 1.54) is 7.05 Å². The first-order valence-electron chi connectivity index (χ1n) is 6.06. The summed E-state index contributed by atoms with van der Waals surface area (Å²) in [4.78, 5) is 11.2. The predicted molar refractivity (Wildman–Crippen MR) is 70.5 cm³/mol. The number of carbonyl (C=O) groups is 1. The lowest BCUT2D eigenvalue weighted by molar-refractivity contribution is -0.140. The van der Waals surface area contributed by atoms with Crippen molar-refractivity contribution in [3.05, 3.63) is 0 Å². The number of carbonyl (C=O) groups excluding carboxylic acids is 1. The van der Waals surface area contributed by atoms with Crippen LogP contribution in [0.2, 0.25) is 0 Å². The minimum absolute atomic E-state index is 0.0507. The Morgan fingerprint density at radius 2 is 1.94 bits per heavy atom. The van der Waals surface area contributed by atoms with Gasteiger partial charge in [0, 0.05) is 19.6 Å². The van der Waals surface area contributed by atoms with Gasteiger partial charge in [-0.05, 0) is 19.3 Å². The van der Waals surface area contributed by atoms with E-state index in [2.05, 4.69) is 4.74 Å². The second kappa shape index (κ2) is 7.70. The summed E-state index contributed by atoms with van der Waals surface area (Å²) in [6, 6.07) is -0.0507. The van der Waals surface area contributed by atoms with Gasteiger partial charge in [-0.3, -0.25) is 4.79 Å². The zero-order chi connectivity index (χ0) is 14.3. The first-order chi connectivity index (χ1) is 8.20. The van der Waals surface area contributed by atoms with Crippen LogP contribution in [0.3, 0.4) is 0 Å². The molecule has 108 valence electrons. The third-order valence-corrected chi connectivity index (χ3v) is 4.45. The van der Waals surface area contributed by atoms with Gasteiger partial charge in [0.05, 0.1) is 6.61 Å². The number of nitrogens with two attached hydrogens (primary N) is 1. The Kier molecular flexibility index (Phi) is 7.42. The molecule has 0 spiro atoms. The fourth-order valence-corrected chi connectivity index (χ4v) is 2.25. The maximum Gasteiger partial charge on any atom is 0.322 e. The molecule has 7 heteroatoms. The van der Waals surface area contributed by atoms with Gasteiger partial charge < -0.3 is 10.5 Å². The standard InChI is InChI=1S/C11H24N2O4S/c1-5-17-11(14)8-18(15,16)13(4)7-6-10(12)9(2)3/h9-10H,5-8,12H2,1-4H3. The average Bonchev–Trinajstić information content (AvgIpc) is 2.24. The van der Waals surface area contributed by atoms with E-state index < -0.39 is 21.7 Å². The van der Waals surface area contributed by atoms with Crippen LogP contribution in [0, 0.1) is 5.92 Å². The molecular weight excluding hydrogens is 256 g/mol. The lowest BCUT2D eigenvalue weighted by Crippen LogP contribution is -2.37. The predicted octanol–water partition coefficient (Wildman–Crippen LogP) is 0.185. The monoisotopic (exact) mass is 280 g/mol. The van der Waals surface area contributed by atoms with Gasteiger partial charge in [-0.1, -0.05) is 13.8 Å². The zero-order valence-electron chi connectivity index (χ0n) is 11.5. The number of ether oxygens (including phenoxy) is 1. The Bertz CT molecular complexity index is 354. The highest BCUT2D eigenvalue weighted by atomic mass is 32.2. The Morgan fingerprint density at radius 3 is 2.39 bits per heavy atom. The Balaban J connectivity index is 4.31. The smallest absolute Gasteiger partial charge is 0.322 e. The van der Waals surface area contributed by atoms with Gasteiger partial charge in [-0.15, -0.1) is 0 Å². The van der Waals surface area contributed by atoms with Crippen LogP contribution in [-0.4, -0.2) is 50.7 Å². The van der Waals surface area contributed by atoms with Crippen LogP contribution in [0.5, 0.6) is 0 Å². The fourth-order valence-electron chi connectivity index (χ4n) is 1.27. The summed E-state index contributed by atoms with van der Waals surface area (Å²) in [7, 11) is -2.15. The molecule has 0 rings (SSSR count). The van der Waals surface area contributed by atoms with E-state index in [0.717, 1.165) is 4.31 Å². The summed E-state index contributed by atoms with van der Waals surface area (Å²) in [5.74, 6) is -1.04. The van der Waals surface area contributed by atoms with Crippen LogP contribution in [-0.2, 0) is 19.6 Å². The lowest BCUT2D eigenvalue weighted by atomic mass is 10.0. The molecule has 6 nitrogen and oxygen atoms in total. The van der Waals surface area contributed by atoms with Crippen molar-refractivity contribution in [2.75, 3.05) is 26.0 Å². The van der Waals surface area contributed by atoms with Crippen molar-refractivity contribution in [1.29, 1.82) is 0 Å². The maximum absolute atomic E-state index is 11.8. The van der Waals surface area contributed by atoms with Crippen molar-refractivity contribution < 1.29 is 17.9 Å². The van der Waals surface area contributed by atoms with Gasteiger partial charge in [0.25, 0.3) is 0 Å². The molecule has 0 aliphatic rings. The average molecular weight is 280 g/mol. The molecule has 0 aromatic carbocycles. The van der Waals surface area contributed by atoms with E-state index in [0.29, 0.717) is 18.9 Å². The lowest BCUT2D eigenvalue weighted by Gasteiger charge is -2.20. The molecule has 1 unspecified atom stereocenters. The number of rotatable bonds is 8. The largest absolute Gasteiger partial charge is 0.465 e. The molecule has 0 saturated heterocycles. The molecule has 0 aliphatic carbocycles. The Labute approximate surface area is 110 Å². The van der Waals surface area contributed by atoms with Crippen LogP contribution in [0.1, 0.15) is 27.2 Å². The van der Waals surface area contributed by atoms with Crippen LogP contribution >= 0.6 is 0 Å². The van der Waals surface area contributed by atoms with Crippen LogP contribution in [0.15, 0.2) is 0 Å². The van der Waals surface area contributed by atoms with Crippen molar-refractivity contribution in [2.24, 2.45) is 11.7 Å². The van der Waals surface area contributed by atoms with Gasteiger partial charge in [0.2, 0.25) is 10.0 Å². The summed E-state index contributed by atoms with van der Waals surface area (Å²) < 4.78 is 29.3. The molecule has 0 aromatic rings. The molecular formula is C11H24N2O4S. The van der Waals surface area contributed by atoms with E-state index in [-0.39, 0.29) is 12.6 Å². The second-order valence-corrected chi connectivity index (χ2v) is 6.66. The van der Waals surface area contributed by atoms with Crippen molar-refractivity contribution in [3.63, 3.8) is 0 Å². The Morgan fingerprint density at radius 1 is 1.39 bits per heavy atom.